The molecule has 1 saturated carbocycles. The van der Waals surface area contributed by atoms with E-state index in [1.54, 1.807) is 0 Å². The molecule has 1 aliphatic carbocycles. The first-order valence-corrected chi connectivity index (χ1v) is 9.22. The maximum Gasteiger partial charge on any atom is 0.0706 e. The molecule has 1 saturated heterocycles. The molecule has 2 aliphatic rings. The lowest BCUT2D eigenvalue weighted by Gasteiger charge is -2.40. The topological polar surface area (TPSA) is 28.2 Å². The van der Waals surface area contributed by atoms with Gasteiger partial charge in [-0.2, -0.15) is 0 Å². The van der Waals surface area contributed by atoms with Gasteiger partial charge in [-0.1, -0.05) is 43.5 Å². The molecule has 0 radical (unpaired) electrons. The molecular formula is C20H27N3. The lowest BCUT2D eigenvalue weighted by atomic mass is 9.81. The van der Waals surface area contributed by atoms with Crippen molar-refractivity contribution >= 4 is 10.9 Å². The third-order valence-electron chi connectivity index (χ3n) is 5.56. The smallest absolute Gasteiger partial charge is 0.0706 e. The molecule has 0 spiro atoms. The van der Waals surface area contributed by atoms with Crippen molar-refractivity contribution in [2.75, 3.05) is 26.2 Å². The van der Waals surface area contributed by atoms with Crippen LogP contribution in [0.2, 0.25) is 0 Å². The lowest BCUT2D eigenvalue weighted by molar-refractivity contribution is 0.101. The zero-order valence-corrected chi connectivity index (χ0v) is 13.9. The second-order valence-electron chi connectivity index (χ2n) is 7.06. The van der Waals surface area contributed by atoms with Gasteiger partial charge in [0, 0.05) is 31.6 Å². The van der Waals surface area contributed by atoms with Crippen molar-refractivity contribution in [3.63, 3.8) is 0 Å². The fourth-order valence-electron chi connectivity index (χ4n) is 4.38. The van der Waals surface area contributed by atoms with Crippen LogP contribution in [0.4, 0.5) is 0 Å². The van der Waals surface area contributed by atoms with E-state index in [2.05, 4.69) is 46.6 Å². The minimum Gasteiger partial charge on any atom is -0.314 e. The Kier molecular flexibility index (Phi) is 4.58. The number of fused-ring (bicyclic) bond motifs is 1. The first kappa shape index (κ1) is 15.1. The van der Waals surface area contributed by atoms with Crippen LogP contribution < -0.4 is 5.32 Å². The maximum absolute atomic E-state index is 5.06. The Morgan fingerprint density at radius 1 is 0.957 bits per heavy atom. The average Bonchev–Trinajstić information content (AvgIpc) is 2.64. The summed E-state index contributed by atoms with van der Waals surface area (Å²) in [5.74, 6) is 0.774. The van der Waals surface area contributed by atoms with Gasteiger partial charge in [0.05, 0.1) is 17.3 Å². The number of nitrogens with zero attached hydrogens (tertiary/aromatic N) is 2. The van der Waals surface area contributed by atoms with E-state index in [0.29, 0.717) is 6.04 Å². The number of pyridine rings is 1. The molecule has 2 aromatic rings. The van der Waals surface area contributed by atoms with Gasteiger partial charge in [-0.05, 0) is 30.9 Å². The highest BCUT2D eigenvalue weighted by Gasteiger charge is 2.31. The summed E-state index contributed by atoms with van der Waals surface area (Å²) < 4.78 is 0. The molecule has 2 heterocycles. The fourth-order valence-corrected chi connectivity index (χ4v) is 4.38. The summed E-state index contributed by atoms with van der Waals surface area (Å²) in [6, 6.07) is 13.5. The van der Waals surface area contributed by atoms with Gasteiger partial charge < -0.3 is 5.32 Å². The zero-order chi connectivity index (χ0) is 15.5. The number of piperazine rings is 1. The Hall–Kier alpha value is -1.45. The molecule has 1 aromatic heterocycles. The minimum atomic E-state index is 0.502. The van der Waals surface area contributed by atoms with Crippen molar-refractivity contribution < 1.29 is 0 Å². The Bertz CT molecular complexity index is 624. The third-order valence-corrected chi connectivity index (χ3v) is 5.56. The van der Waals surface area contributed by atoms with Crippen LogP contribution in [-0.4, -0.2) is 36.1 Å². The molecule has 3 nitrogen and oxygen atoms in total. The predicted octanol–water partition coefficient (Wildman–Crippen LogP) is 3.76. The highest BCUT2D eigenvalue weighted by atomic mass is 15.2. The van der Waals surface area contributed by atoms with Crippen LogP contribution in [0.3, 0.4) is 0 Å². The quantitative estimate of drug-likeness (QED) is 0.935. The van der Waals surface area contributed by atoms with Gasteiger partial charge in [0.1, 0.15) is 0 Å². The van der Waals surface area contributed by atoms with E-state index in [9.17, 15) is 0 Å². The largest absolute Gasteiger partial charge is 0.314 e. The summed E-state index contributed by atoms with van der Waals surface area (Å²) >= 11 is 0. The van der Waals surface area contributed by atoms with Crippen LogP contribution in [0.5, 0.6) is 0 Å². The highest BCUT2D eigenvalue weighted by Crippen LogP contribution is 2.38. The van der Waals surface area contributed by atoms with E-state index in [1.165, 1.54) is 43.2 Å². The molecular weight excluding hydrogens is 282 g/mol. The number of nitrogens with one attached hydrogen (secondary N) is 1. The van der Waals surface area contributed by atoms with Gasteiger partial charge in [-0.3, -0.25) is 9.88 Å². The first-order chi connectivity index (χ1) is 11.4. The van der Waals surface area contributed by atoms with E-state index in [0.717, 1.165) is 37.6 Å². The summed E-state index contributed by atoms with van der Waals surface area (Å²) in [5.41, 5.74) is 2.43. The molecule has 0 bridgehead atoms. The van der Waals surface area contributed by atoms with Gasteiger partial charge in [-0.25, -0.2) is 0 Å². The van der Waals surface area contributed by atoms with Crippen molar-refractivity contribution in [1.29, 1.82) is 0 Å². The van der Waals surface area contributed by atoms with Gasteiger partial charge in [0.25, 0.3) is 0 Å². The number of para-hydroxylation sites is 1. The Labute approximate surface area is 139 Å². The van der Waals surface area contributed by atoms with Gasteiger partial charge in [0.15, 0.2) is 0 Å². The molecule has 0 amide bonds. The van der Waals surface area contributed by atoms with Crippen LogP contribution in [0, 0.1) is 5.92 Å². The fraction of sp³-hybridized carbons (Fsp3) is 0.550. The molecule has 1 atom stereocenters. The van der Waals surface area contributed by atoms with Crippen LogP contribution >= 0.6 is 0 Å². The second kappa shape index (κ2) is 6.98. The zero-order valence-electron chi connectivity index (χ0n) is 13.9. The van der Waals surface area contributed by atoms with E-state index < -0.39 is 0 Å². The normalized spacial score (nSPS) is 22.3. The molecule has 2 fully saturated rings. The Morgan fingerprint density at radius 2 is 1.74 bits per heavy atom. The van der Waals surface area contributed by atoms with Crippen molar-refractivity contribution in [3.8, 4) is 0 Å². The molecule has 122 valence electrons. The van der Waals surface area contributed by atoms with E-state index in [-0.39, 0.29) is 0 Å². The highest BCUT2D eigenvalue weighted by molar-refractivity contribution is 5.78. The second-order valence-corrected chi connectivity index (χ2v) is 7.06. The van der Waals surface area contributed by atoms with E-state index in [4.69, 9.17) is 4.98 Å². The molecule has 4 rings (SSSR count). The van der Waals surface area contributed by atoms with Crippen LogP contribution in [0.1, 0.15) is 43.8 Å². The number of aromatic nitrogens is 1. The predicted molar refractivity (Wildman–Crippen MR) is 95.5 cm³/mol. The van der Waals surface area contributed by atoms with Crippen molar-refractivity contribution in [1.82, 2.24) is 15.2 Å². The molecule has 0 unspecified atom stereocenters. The van der Waals surface area contributed by atoms with Crippen molar-refractivity contribution in [2.45, 2.75) is 38.1 Å². The molecule has 3 heteroatoms. The van der Waals surface area contributed by atoms with E-state index >= 15 is 0 Å². The van der Waals surface area contributed by atoms with E-state index in [1.807, 2.05) is 0 Å². The lowest BCUT2D eigenvalue weighted by Crippen LogP contribution is -2.47. The summed E-state index contributed by atoms with van der Waals surface area (Å²) in [6.45, 7) is 4.51. The van der Waals surface area contributed by atoms with Crippen LogP contribution in [-0.2, 0) is 0 Å². The van der Waals surface area contributed by atoms with Crippen molar-refractivity contribution in [3.05, 3.63) is 42.1 Å². The maximum atomic E-state index is 5.06. The minimum absolute atomic E-state index is 0.502. The summed E-state index contributed by atoms with van der Waals surface area (Å²) in [4.78, 5) is 7.75. The third kappa shape index (κ3) is 3.26. The Morgan fingerprint density at radius 3 is 2.57 bits per heavy atom. The molecule has 23 heavy (non-hydrogen) atoms. The SMILES string of the molecule is c1ccc2nc([C@H](C3CCCCC3)N3CCNCC3)ccc2c1. The summed E-state index contributed by atoms with van der Waals surface area (Å²) in [7, 11) is 0. The standard InChI is InChI=1S/C20H27N3/c1-2-7-17(8-3-1)20(23-14-12-21-13-15-23)19-11-10-16-6-4-5-9-18(16)22-19/h4-6,9-11,17,20-21H,1-3,7-8,12-15H2/t20-/m0/s1. The summed E-state index contributed by atoms with van der Waals surface area (Å²) in [5, 5.41) is 4.74. The Balaban J connectivity index is 1.69. The molecule has 1 aliphatic heterocycles. The monoisotopic (exact) mass is 309 g/mol. The molecule has 1 N–H and O–H groups in total. The van der Waals surface area contributed by atoms with Crippen LogP contribution in [0.15, 0.2) is 36.4 Å². The van der Waals surface area contributed by atoms with Gasteiger partial charge >= 0.3 is 0 Å². The number of hydrogen-bond donors (Lipinski definition) is 1. The van der Waals surface area contributed by atoms with Gasteiger partial charge in [0.2, 0.25) is 0 Å². The number of rotatable bonds is 3. The average molecular weight is 309 g/mol. The van der Waals surface area contributed by atoms with Crippen molar-refractivity contribution in [2.24, 2.45) is 5.92 Å². The number of benzene rings is 1. The van der Waals surface area contributed by atoms with Crippen LogP contribution in [0.25, 0.3) is 10.9 Å². The van der Waals surface area contributed by atoms with Gasteiger partial charge in [-0.15, -0.1) is 0 Å². The number of hydrogen-bond acceptors (Lipinski definition) is 3. The first-order valence-electron chi connectivity index (χ1n) is 9.22. The molecule has 1 aromatic carbocycles. The summed E-state index contributed by atoms with van der Waals surface area (Å²) in [6.07, 6.45) is 6.92.